The molecule has 1 atom stereocenters. The Labute approximate surface area is 181 Å². The highest BCUT2D eigenvalue weighted by molar-refractivity contribution is 8.01. The molecule has 6 heteroatoms. The van der Waals surface area contributed by atoms with E-state index < -0.39 is 0 Å². The number of hydrogen-bond acceptors (Lipinski definition) is 4. The minimum atomic E-state index is -0.316. The van der Waals surface area contributed by atoms with E-state index >= 15 is 0 Å². The van der Waals surface area contributed by atoms with Gasteiger partial charge in [-0.05, 0) is 51.0 Å². The quantitative estimate of drug-likeness (QED) is 0.564. The van der Waals surface area contributed by atoms with E-state index in [4.69, 9.17) is 0 Å². The highest BCUT2D eigenvalue weighted by Crippen LogP contribution is 2.38. The van der Waals surface area contributed by atoms with Crippen molar-refractivity contribution in [1.82, 2.24) is 0 Å². The molecule has 2 N–H and O–H groups in total. The van der Waals surface area contributed by atoms with E-state index in [1.807, 2.05) is 68.1 Å². The largest absolute Gasteiger partial charge is 0.325 e. The molecule has 0 aromatic heterocycles. The summed E-state index contributed by atoms with van der Waals surface area (Å²) >= 11 is 3.21. The molecule has 4 nitrogen and oxygen atoms in total. The van der Waals surface area contributed by atoms with Crippen molar-refractivity contribution >= 4 is 46.7 Å². The fourth-order valence-electron chi connectivity index (χ4n) is 3.20. The minimum Gasteiger partial charge on any atom is -0.325 e. The third kappa shape index (κ3) is 6.82. The first-order chi connectivity index (χ1) is 14.0. The van der Waals surface area contributed by atoms with E-state index in [9.17, 15) is 9.59 Å². The molecule has 154 valence electrons. The van der Waals surface area contributed by atoms with Gasteiger partial charge in [-0.3, -0.25) is 9.59 Å². The van der Waals surface area contributed by atoms with Crippen LogP contribution in [0.3, 0.4) is 0 Å². The highest BCUT2D eigenvalue weighted by Gasteiger charge is 2.20. The van der Waals surface area contributed by atoms with Crippen molar-refractivity contribution in [3.8, 4) is 0 Å². The van der Waals surface area contributed by atoms with Gasteiger partial charge in [0.1, 0.15) is 0 Å². The Hall–Kier alpha value is -1.92. The normalized spacial score (nSPS) is 15.1. The standard InChI is InChI=1S/C23H28N2O2S2/c1-16-11-13-18(14-12-16)24-22(26)15-28-17(2)23(27)25-20-9-5-6-10-21(20)29-19-7-3-4-8-19/h5-6,9-14,17,19H,3-4,7-8,15H2,1-2H3,(H,24,26)(H,25,27). The van der Waals surface area contributed by atoms with E-state index in [1.165, 1.54) is 37.4 Å². The lowest BCUT2D eigenvalue weighted by molar-refractivity contribution is -0.115. The number of hydrogen-bond donors (Lipinski definition) is 2. The van der Waals surface area contributed by atoms with Gasteiger partial charge in [0.25, 0.3) is 0 Å². The second kappa shape index (κ2) is 10.7. The number of thioether (sulfide) groups is 2. The average Bonchev–Trinajstić information content (AvgIpc) is 3.22. The van der Waals surface area contributed by atoms with E-state index in [-0.39, 0.29) is 22.8 Å². The van der Waals surface area contributed by atoms with Crippen LogP contribution in [-0.4, -0.2) is 28.1 Å². The van der Waals surface area contributed by atoms with Crippen molar-refractivity contribution in [3.05, 3.63) is 54.1 Å². The summed E-state index contributed by atoms with van der Waals surface area (Å²) in [6.07, 6.45) is 5.08. The molecule has 1 unspecified atom stereocenters. The Morgan fingerprint density at radius 2 is 1.72 bits per heavy atom. The van der Waals surface area contributed by atoms with Gasteiger partial charge in [-0.25, -0.2) is 0 Å². The van der Waals surface area contributed by atoms with Gasteiger partial charge >= 0.3 is 0 Å². The lowest BCUT2D eigenvalue weighted by atomic mass is 10.2. The summed E-state index contributed by atoms with van der Waals surface area (Å²) in [5.41, 5.74) is 2.79. The molecule has 0 bridgehead atoms. The topological polar surface area (TPSA) is 58.2 Å². The highest BCUT2D eigenvalue weighted by atomic mass is 32.2. The molecule has 3 rings (SSSR count). The van der Waals surface area contributed by atoms with Crippen LogP contribution in [0.1, 0.15) is 38.2 Å². The first-order valence-corrected chi connectivity index (χ1v) is 12.0. The molecule has 2 aromatic carbocycles. The number of amides is 2. The van der Waals surface area contributed by atoms with Gasteiger partial charge in [-0.1, -0.05) is 42.7 Å². The molecule has 0 saturated heterocycles. The van der Waals surface area contributed by atoms with Crippen LogP contribution < -0.4 is 10.6 Å². The SMILES string of the molecule is Cc1ccc(NC(=O)CSC(C)C(=O)Nc2ccccc2SC2CCCC2)cc1. The van der Waals surface area contributed by atoms with Gasteiger partial charge in [0, 0.05) is 15.8 Å². The fourth-order valence-corrected chi connectivity index (χ4v) is 5.22. The zero-order valence-electron chi connectivity index (χ0n) is 16.9. The maximum Gasteiger partial charge on any atom is 0.237 e. The van der Waals surface area contributed by atoms with E-state index in [1.54, 1.807) is 0 Å². The minimum absolute atomic E-state index is 0.0717. The van der Waals surface area contributed by atoms with Crippen LogP contribution in [0.5, 0.6) is 0 Å². The lowest BCUT2D eigenvalue weighted by Crippen LogP contribution is -2.25. The molecule has 1 saturated carbocycles. The second-order valence-corrected chi connectivity index (χ2v) is 10.0. The zero-order chi connectivity index (χ0) is 20.6. The molecule has 1 aliphatic rings. The van der Waals surface area contributed by atoms with Gasteiger partial charge in [0.2, 0.25) is 11.8 Å². The Morgan fingerprint density at radius 3 is 2.45 bits per heavy atom. The number of benzene rings is 2. The number of nitrogens with one attached hydrogen (secondary N) is 2. The molecule has 1 fully saturated rings. The van der Waals surface area contributed by atoms with Crippen molar-refractivity contribution < 1.29 is 9.59 Å². The predicted molar refractivity (Wildman–Crippen MR) is 125 cm³/mol. The van der Waals surface area contributed by atoms with Gasteiger partial charge in [0.05, 0.1) is 16.7 Å². The Bertz CT molecular complexity index is 833. The second-order valence-electron chi connectivity index (χ2n) is 7.38. The third-order valence-corrected chi connectivity index (χ3v) is 7.47. The van der Waals surface area contributed by atoms with Gasteiger partial charge in [0.15, 0.2) is 0 Å². The number of aryl methyl sites for hydroxylation is 1. The Balaban J connectivity index is 1.49. The number of anilines is 2. The number of carbonyl (C=O) groups is 2. The summed E-state index contributed by atoms with van der Waals surface area (Å²) < 4.78 is 0. The molecule has 0 spiro atoms. The molecule has 29 heavy (non-hydrogen) atoms. The molecule has 0 heterocycles. The molecule has 0 aliphatic heterocycles. The third-order valence-electron chi connectivity index (χ3n) is 4.91. The predicted octanol–water partition coefficient (Wildman–Crippen LogP) is 5.73. The monoisotopic (exact) mass is 428 g/mol. The maximum atomic E-state index is 12.6. The smallest absolute Gasteiger partial charge is 0.237 e. The van der Waals surface area contributed by atoms with Crippen molar-refractivity contribution in [2.24, 2.45) is 0 Å². The molecule has 0 radical (unpaired) electrons. The fraction of sp³-hybridized carbons (Fsp3) is 0.391. The Kier molecular flexibility index (Phi) is 8.07. The summed E-state index contributed by atoms with van der Waals surface area (Å²) in [5, 5.41) is 6.25. The number of para-hydroxylation sites is 1. The van der Waals surface area contributed by atoms with Crippen LogP contribution >= 0.6 is 23.5 Å². The summed E-state index contributed by atoms with van der Waals surface area (Å²) in [4.78, 5) is 25.9. The summed E-state index contributed by atoms with van der Waals surface area (Å²) in [5.74, 6) is 0.0642. The van der Waals surface area contributed by atoms with Crippen LogP contribution in [0.4, 0.5) is 11.4 Å². The van der Waals surface area contributed by atoms with Crippen molar-refractivity contribution in [3.63, 3.8) is 0 Å². The molecular weight excluding hydrogens is 400 g/mol. The number of rotatable bonds is 8. The van der Waals surface area contributed by atoms with Crippen LogP contribution in [0, 0.1) is 6.92 Å². The van der Waals surface area contributed by atoms with Crippen molar-refractivity contribution in [2.45, 2.75) is 54.9 Å². The van der Waals surface area contributed by atoms with Gasteiger partial charge < -0.3 is 10.6 Å². The van der Waals surface area contributed by atoms with E-state index in [0.29, 0.717) is 5.25 Å². The van der Waals surface area contributed by atoms with Crippen LogP contribution in [0.25, 0.3) is 0 Å². The molecule has 2 aromatic rings. The summed E-state index contributed by atoms with van der Waals surface area (Å²) in [6.45, 7) is 3.85. The van der Waals surface area contributed by atoms with Crippen molar-refractivity contribution in [1.29, 1.82) is 0 Å². The number of carbonyl (C=O) groups excluding carboxylic acids is 2. The first-order valence-electron chi connectivity index (χ1n) is 10.1. The molecule has 1 aliphatic carbocycles. The van der Waals surface area contributed by atoms with E-state index in [0.717, 1.165) is 21.8 Å². The first kappa shape index (κ1) is 21.8. The van der Waals surface area contributed by atoms with Gasteiger partial charge in [-0.2, -0.15) is 0 Å². The maximum absolute atomic E-state index is 12.6. The van der Waals surface area contributed by atoms with E-state index in [2.05, 4.69) is 16.7 Å². The Morgan fingerprint density at radius 1 is 1.03 bits per heavy atom. The van der Waals surface area contributed by atoms with Crippen LogP contribution in [-0.2, 0) is 9.59 Å². The van der Waals surface area contributed by atoms with Crippen LogP contribution in [0.15, 0.2) is 53.4 Å². The average molecular weight is 429 g/mol. The van der Waals surface area contributed by atoms with Crippen LogP contribution in [0.2, 0.25) is 0 Å². The zero-order valence-corrected chi connectivity index (χ0v) is 18.6. The molecule has 2 amide bonds. The molecular formula is C23H28N2O2S2. The summed E-state index contributed by atoms with van der Waals surface area (Å²) in [6, 6.07) is 15.7. The summed E-state index contributed by atoms with van der Waals surface area (Å²) in [7, 11) is 0. The van der Waals surface area contributed by atoms with Crippen molar-refractivity contribution in [2.75, 3.05) is 16.4 Å². The lowest BCUT2D eigenvalue weighted by Gasteiger charge is -2.16. The van der Waals surface area contributed by atoms with Gasteiger partial charge in [-0.15, -0.1) is 23.5 Å².